The van der Waals surface area contributed by atoms with Crippen LogP contribution in [0.25, 0.3) is 0 Å². The van der Waals surface area contributed by atoms with Gasteiger partial charge in [0.05, 0.1) is 45.5 Å². The molecule has 25 heteroatoms. The lowest BCUT2D eigenvalue weighted by atomic mass is 9.76. The minimum absolute atomic E-state index is 0.00846. The van der Waals surface area contributed by atoms with Gasteiger partial charge in [-0.25, -0.2) is 4.79 Å². The highest BCUT2D eigenvalue weighted by molar-refractivity contribution is 7.86. The minimum Gasteiger partial charge on any atom is -0.462 e. The van der Waals surface area contributed by atoms with Gasteiger partial charge in [0, 0.05) is 64.5 Å². The molecule has 4 rings (SSSR count). The molecule has 0 fully saturated rings. The normalized spacial score (nSPS) is 18.5. The molecule has 0 radical (unpaired) electrons. The van der Waals surface area contributed by atoms with E-state index in [0.717, 1.165) is 6.07 Å². The lowest BCUT2D eigenvalue weighted by Gasteiger charge is -2.27. The number of hydrogen-bond acceptors (Lipinski definition) is 14. The van der Waals surface area contributed by atoms with Gasteiger partial charge in [-0.3, -0.25) is 27.6 Å². The van der Waals surface area contributed by atoms with Crippen LogP contribution < -0.4 is 4.90 Å². The predicted octanol–water partition coefficient (Wildman–Crippen LogP) is 4.58. The van der Waals surface area contributed by atoms with Crippen LogP contribution in [0.2, 0.25) is 0 Å². The molecule has 366 valence electrons. The molecule has 0 saturated carbocycles. The van der Waals surface area contributed by atoms with Gasteiger partial charge in [-0.05, 0) is 62.9 Å². The van der Waals surface area contributed by atoms with E-state index in [9.17, 15) is 69.9 Å². The van der Waals surface area contributed by atoms with Gasteiger partial charge >= 0.3 is 5.97 Å². The standard InChI is InChI=1S/C41H54N2O18S5/c1-28(2)38(44)29-25-31(39(45)61-20-12-24-65(55,56)57)37-34(26-29)43(19-11-23-64(52,53)54)35(40(37,3)4)13-7-6-8-14-36-41(5,17-9-21-62(46,47)48)32-27-30(66(58,59)60)15-16-33(32)42(36)18-10-22-63(49,50)51/h6-8,13-16,25-28H,9-12,17-24H2,1-5H3,(H4-,46,47,48,49,50,51,52,53,54,55,56,57,58,59,60)/p+1. The molecule has 0 spiro atoms. The van der Waals surface area contributed by atoms with Crippen LogP contribution in [0.1, 0.15) is 98.6 Å². The number of rotatable bonds is 23. The first-order chi connectivity index (χ1) is 30.2. The van der Waals surface area contributed by atoms with E-state index >= 15 is 0 Å². The van der Waals surface area contributed by atoms with Crippen molar-refractivity contribution in [1.82, 2.24) is 0 Å². The third-order valence-electron chi connectivity index (χ3n) is 11.2. The van der Waals surface area contributed by atoms with Gasteiger partial charge in [-0.2, -0.15) is 46.7 Å². The Morgan fingerprint density at radius 3 is 1.89 bits per heavy atom. The topological polar surface area (TPSA) is 321 Å². The monoisotopic (exact) mass is 1020 g/mol. The second kappa shape index (κ2) is 20.6. The maximum Gasteiger partial charge on any atom is 0.338 e. The smallest absolute Gasteiger partial charge is 0.338 e. The largest absolute Gasteiger partial charge is 0.462 e. The van der Waals surface area contributed by atoms with Crippen molar-refractivity contribution in [2.45, 2.75) is 82.4 Å². The Morgan fingerprint density at radius 2 is 1.32 bits per heavy atom. The molecule has 0 aromatic heterocycles. The Bertz CT molecular complexity index is 2940. The fourth-order valence-corrected chi connectivity index (χ4v) is 10.7. The molecular weight excluding hydrogens is 969 g/mol. The quantitative estimate of drug-likeness (QED) is 0.0254. The SMILES string of the molecule is CC(C)C(=O)c1cc(C(=O)OCCCS(=O)(=O)O)c2c(c1)N(CCCS(=O)(=O)O)/C(=C/C=C/C=C/C1=[N+](CCCS(=O)(=O)O)c3ccc(S(=O)(=O)O)cc3C1(C)CCCS(=O)(=O)O)C2(C)C. The van der Waals surface area contributed by atoms with E-state index in [-0.39, 0.29) is 62.1 Å². The van der Waals surface area contributed by atoms with Crippen molar-refractivity contribution in [3.8, 4) is 0 Å². The first-order valence-corrected chi connectivity index (χ1v) is 28.3. The molecule has 5 N–H and O–H groups in total. The highest BCUT2D eigenvalue weighted by Crippen LogP contribution is 2.50. The van der Waals surface area contributed by atoms with Gasteiger partial charge in [0.2, 0.25) is 5.69 Å². The summed E-state index contributed by atoms with van der Waals surface area (Å²) in [6, 6.07) is 6.69. The van der Waals surface area contributed by atoms with Crippen molar-refractivity contribution in [3.05, 3.63) is 88.7 Å². The molecule has 0 aliphatic carbocycles. The van der Waals surface area contributed by atoms with Crippen LogP contribution in [0, 0.1) is 5.92 Å². The van der Waals surface area contributed by atoms with Crippen LogP contribution in [0.15, 0.2) is 71.3 Å². The third-order valence-corrected chi connectivity index (χ3v) is 15.2. The van der Waals surface area contributed by atoms with Crippen molar-refractivity contribution in [2.75, 3.05) is 47.6 Å². The van der Waals surface area contributed by atoms with Crippen molar-refractivity contribution >= 4 is 79.4 Å². The lowest BCUT2D eigenvalue weighted by molar-refractivity contribution is -0.437. The van der Waals surface area contributed by atoms with E-state index in [2.05, 4.69) is 0 Å². The number of ketones is 1. The Morgan fingerprint density at radius 1 is 0.742 bits per heavy atom. The first-order valence-electron chi connectivity index (χ1n) is 20.5. The summed E-state index contributed by atoms with van der Waals surface area (Å²) < 4.78 is 172. The number of anilines is 1. The van der Waals surface area contributed by atoms with E-state index in [1.54, 1.807) is 80.5 Å². The molecule has 0 saturated heterocycles. The molecule has 1 unspecified atom stereocenters. The summed E-state index contributed by atoms with van der Waals surface area (Å²) in [7, 11) is -22.3. The zero-order chi connectivity index (χ0) is 49.8. The summed E-state index contributed by atoms with van der Waals surface area (Å²) in [6.07, 6.45) is 7.48. The maximum absolute atomic E-state index is 13.8. The average Bonchev–Trinajstić information content (AvgIpc) is 3.52. The fourth-order valence-electron chi connectivity index (χ4n) is 8.22. The lowest BCUT2D eigenvalue weighted by Crippen LogP contribution is -2.32. The van der Waals surface area contributed by atoms with Crippen molar-refractivity contribution < 1.29 is 83.8 Å². The van der Waals surface area contributed by atoms with Gasteiger partial charge in [0.1, 0.15) is 6.54 Å². The number of hydrogen-bond donors (Lipinski definition) is 5. The molecule has 1 atom stereocenters. The zero-order valence-corrected chi connectivity index (χ0v) is 40.9. The highest BCUT2D eigenvalue weighted by Gasteiger charge is 2.48. The molecule has 20 nitrogen and oxygen atoms in total. The Kier molecular flexibility index (Phi) is 17.0. The number of ether oxygens (including phenoxy) is 1. The van der Waals surface area contributed by atoms with Crippen molar-refractivity contribution in [3.63, 3.8) is 0 Å². The molecule has 2 heterocycles. The number of carbonyl (C=O) groups excluding carboxylic acids is 2. The van der Waals surface area contributed by atoms with Gasteiger partial charge in [0.25, 0.3) is 50.6 Å². The van der Waals surface area contributed by atoms with Crippen LogP contribution >= 0.6 is 0 Å². The number of nitrogens with zero attached hydrogens (tertiary/aromatic N) is 2. The Hall–Kier alpha value is -4.18. The summed E-state index contributed by atoms with van der Waals surface area (Å²) in [4.78, 5) is 28.4. The van der Waals surface area contributed by atoms with Crippen LogP contribution in [-0.4, -0.2) is 130 Å². The van der Waals surface area contributed by atoms with Gasteiger partial charge < -0.3 is 9.64 Å². The van der Waals surface area contributed by atoms with Gasteiger partial charge in [-0.15, -0.1) is 0 Å². The van der Waals surface area contributed by atoms with E-state index in [0.29, 0.717) is 33.9 Å². The molecule has 2 aliphatic heterocycles. The molecule has 2 aliphatic rings. The number of allylic oxidation sites excluding steroid dienone is 6. The maximum atomic E-state index is 13.8. The molecule has 0 bridgehead atoms. The fraction of sp³-hybridized carbons (Fsp3) is 0.488. The number of benzene rings is 2. The molecule has 2 aromatic rings. The molecule has 66 heavy (non-hydrogen) atoms. The number of carbonyl (C=O) groups is 2. The highest BCUT2D eigenvalue weighted by atomic mass is 32.2. The van der Waals surface area contributed by atoms with Gasteiger partial charge in [0.15, 0.2) is 11.5 Å². The van der Waals surface area contributed by atoms with Crippen LogP contribution in [0.3, 0.4) is 0 Å². The van der Waals surface area contributed by atoms with E-state index in [1.807, 2.05) is 0 Å². The van der Waals surface area contributed by atoms with E-state index in [4.69, 9.17) is 9.29 Å². The van der Waals surface area contributed by atoms with E-state index in [1.165, 1.54) is 18.2 Å². The van der Waals surface area contributed by atoms with Crippen LogP contribution in [-0.2, 0) is 66.2 Å². The molecular formula is C41H55N2O18S5+. The summed E-state index contributed by atoms with van der Waals surface area (Å²) in [6.45, 7) is 8.05. The summed E-state index contributed by atoms with van der Waals surface area (Å²) in [5.41, 5.74) is 0.199. The second-order valence-electron chi connectivity index (χ2n) is 17.0. The Labute approximate surface area is 385 Å². The molecule has 0 amide bonds. The minimum atomic E-state index is -4.73. The number of esters is 1. The van der Waals surface area contributed by atoms with Crippen LogP contribution in [0.5, 0.6) is 0 Å². The van der Waals surface area contributed by atoms with Crippen molar-refractivity contribution in [1.29, 1.82) is 0 Å². The third kappa shape index (κ3) is 14.2. The second-order valence-corrected chi connectivity index (χ2v) is 24.7. The summed E-state index contributed by atoms with van der Waals surface area (Å²) >= 11 is 0. The van der Waals surface area contributed by atoms with E-state index < -0.39 is 108 Å². The zero-order valence-electron chi connectivity index (χ0n) is 36.8. The van der Waals surface area contributed by atoms with Crippen LogP contribution in [0.4, 0.5) is 11.4 Å². The van der Waals surface area contributed by atoms with Crippen molar-refractivity contribution in [2.24, 2.45) is 5.92 Å². The average molecular weight is 1020 g/mol. The number of Topliss-reactive ketones (excluding diaryl/α,β-unsaturated/α-hetero) is 1. The Balaban J connectivity index is 1.87. The summed E-state index contributed by atoms with van der Waals surface area (Å²) in [5, 5.41) is 0. The number of fused-ring (bicyclic) bond motifs is 2. The molecule has 2 aromatic carbocycles. The predicted molar refractivity (Wildman–Crippen MR) is 245 cm³/mol. The summed E-state index contributed by atoms with van der Waals surface area (Å²) in [5.74, 6) is -4.35. The first kappa shape index (κ1) is 54.4. The van der Waals surface area contributed by atoms with Gasteiger partial charge in [-0.1, -0.05) is 45.9 Å².